The van der Waals surface area contributed by atoms with E-state index in [1.807, 2.05) is 6.08 Å². The van der Waals surface area contributed by atoms with Gasteiger partial charge in [-0.1, -0.05) is 138 Å². The quantitative estimate of drug-likeness (QED) is 0.0106. The van der Waals surface area contributed by atoms with Crippen molar-refractivity contribution in [3.05, 3.63) is 59.3 Å². The van der Waals surface area contributed by atoms with Crippen LogP contribution >= 0.6 is 0 Å². The zero-order valence-electron chi connectivity index (χ0n) is 37.5. The van der Waals surface area contributed by atoms with Gasteiger partial charge in [-0.05, 0) is 92.1 Å². The van der Waals surface area contributed by atoms with Crippen molar-refractivity contribution in [2.24, 2.45) is 5.92 Å². The molecule has 0 amide bonds. The number of esters is 1. The summed E-state index contributed by atoms with van der Waals surface area (Å²) < 4.78 is 25.9. The van der Waals surface area contributed by atoms with Gasteiger partial charge in [-0.15, -0.1) is 0 Å². The van der Waals surface area contributed by atoms with Crippen LogP contribution in [0.4, 0.5) is 0 Å². The fraction of sp³-hybridized carbons (Fsp3) is 0.727. The number of carbonyl (C=O) groups excluding carboxylic acids is 2. The fourth-order valence-electron chi connectivity index (χ4n) is 7.06. The molecule has 6 nitrogen and oxygen atoms in total. The molecule has 0 fully saturated rings. The monoisotopic (exact) mass is 791 g/mol. The number of methoxy groups -OCH3 is 1. The van der Waals surface area contributed by atoms with Crippen molar-refractivity contribution >= 4 is 37.2 Å². The highest BCUT2D eigenvalue weighted by atomic mass is 28.4. The summed E-state index contributed by atoms with van der Waals surface area (Å²) in [6.45, 7) is 39.6. The van der Waals surface area contributed by atoms with Crippen molar-refractivity contribution in [2.75, 3.05) is 13.7 Å². The van der Waals surface area contributed by atoms with E-state index in [0.717, 1.165) is 44.0 Å². The van der Waals surface area contributed by atoms with Crippen LogP contribution in [0.3, 0.4) is 0 Å². The van der Waals surface area contributed by atoms with Crippen LogP contribution in [0.15, 0.2) is 59.3 Å². The maximum atomic E-state index is 12.1. The molecule has 0 aliphatic carbocycles. The first-order valence-corrected chi connectivity index (χ1v) is 28.0. The van der Waals surface area contributed by atoms with Crippen LogP contribution in [0, 0.1) is 5.92 Å². The lowest BCUT2D eigenvalue weighted by Gasteiger charge is -2.46. The number of carbonyl (C=O) groups is 2. The minimum Gasteiger partial charge on any atom is -0.465 e. The average Bonchev–Trinajstić information content (AvgIpc) is 3.08. The Morgan fingerprint density at radius 1 is 0.792 bits per heavy atom. The second kappa shape index (κ2) is 24.1. The smallest absolute Gasteiger partial charge is 0.341 e. The van der Waals surface area contributed by atoms with Crippen LogP contribution in [-0.4, -0.2) is 63.1 Å². The van der Waals surface area contributed by atoms with Crippen LogP contribution < -0.4 is 0 Å². The Hall–Kier alpha value is -1.63. The Balaban J connectivity index is 6.70. The number of ether oxygens (including phenoxy) is 1. The molecule has 3 atom stereocenters. The maximum absolute atomic E-state index is 12.1. The van der Waals surface area contributed by atoms with E-state index in [-0.39, 0.29) is 28.7 Å². The van der Waals surface area contributed by atoms with E-state index >= 15 is 0 Å². The van der Waals surface area contributed by atoms with E-state index in [1.54, 1.807) is 6.08 Å². The predicted octanol–water partition coefficient (Wildman–Crippen LogP) is 13.1. The topological polar surface area (TPSA) is 71.1 Å². The molecule has 0 saturated carbocycles. The molecule has 0 aliphatic rings. The van der Waals surface area contributed by atoms with Gasteiger partial charge in [0.25, 0.3) is 0 Å². The molecule has 0 rings (SSSR count). The van der Waals surface area contributed by atoms with Gasteiger partial charge in [0, 0.05) is 12.5 Å². The molecule has 0 N–H and O–H groups in total. The molecule has 0 aromatic carbocycles. The highest BCUT2D eigenvalue weighted by Gasteiger charge is 2.48. The van der Waals surface area contributed by atoms with E-state index in [0.29, 0.717) is 22.9 Å². The van der Waals surface area contributed by atoms with Crippen LogP contribution in [0.25, 0.3) is 0 Å². The van der Waals surface area contributed by atoms with Gasteiger partial charge in [-0.3, -0.25) is 4.79 Å². The van der Waals surface area contributed by atoms with Gasteiger partial charge in [0.2, 0.25) is 8.32 Å². The third-order valence-corrected chi connectivity index (χ3v) is 27.2. The summed E-state index contributed by atoms with van der Waals surface area (Å²) in [5.74, 6) is -0.680. The lowest BCUT2D eigenvalue weighted by molar-refractivity contribution is -0.136. The van der Waals surface area contributed by atoms with E-state index in [1.165, 1.54) is 24.3 Å². The summed E-state index contributed by atoms with van der Waals surface area (Å²) in [4.78, 5) is 23.8. The van der Waals surface area contributed by atoms with Crippen molar-refractivity contribution in [1.29, 1.82) is 0 Å². The highest BCUT2D eigenvalue weighted by Crippen LogP contribution is 2.44. The Morgan fingerprint density at radius 3 is 1.77 bits per heavy atom. The Kier molecular flexibility index (Phi) is 23.4. The third-order valence-electron chi connectivity index (χ3n) is 12.0. The van der Waals surface area contributed by atoms with Crippen LogP contribution in [0.5, 0.6) is 0 Å². The second-order valence-corrected chi connectivity index (χ2v) is 32.4. The van der Waals surface area contributed by atoms with E-state index < -0.39 is 30.9 Å². The van der Waals surface area contributed by atoms with Crippen molar-refractivity contribution in [3.8, 4) is 0 Å². The number of allylic oxidation sites excluding steroid dienone is 7. The first kappa shape index (κ1) is 51.4. The first-order valence-electron chi connectivity index (χ1n) is 20.5. The molecule has 0 heterocycles. The van der Waals surface area contributed by atoms with Gasteiger partial charge in [0.1, 0.15) is 0 Å². The molecule has 0 bridgehead atoms. The molecule has 0 aromatic heterocycles. The zero-order chi connectivity index (χ0) is 41.2. The second-order valence-electron chi connectivity index (χ2n) is 17.5. The van der Waals surface area contributed by atoms with Crippen LogP contribution in [0.2, 0.25) is 52.9 Å². The SMILES string of the molecule is CC[Si](CC)(CC)O[C@H](/C=C/C=C(\C=O)C(=O)OC)[C@@H](C)[C@@H](/C=C/C(C)=C/C/C=C(\C)CCCO[Si](C)(C)C(C)(C)C)O[Si](C(C)C)(C(C)C)C(C)C. The van der Waals surface area contributed by atoms with Crippen molar-refractivity contribution in [3.63, 3.8) is 0 Å². The third kappa shape index (κ3) is 16.2. The van der Waals surface area contributed by atoms with Gasteiger partial charge in [-0.2, -0.15) is 0 Å². The lowest BCUT2D eigenvalue weighted by Crippen LogP contribution is -2.52. The Morgan fingerprint density at radius 2 is 1.32 bits per heavy atom. The highest BCUT2D eigenvalue weighted by molar-refractivity contribution is 6.77. The number of rotatable bonds is 25. The van der Waals surface area contributed by atoms with Crippen molar-refractivity contribution in [1.82, 2.24) is 0 Å². The molecule has 306 valence electrons. The molecular weight excluding hydrogens is 709 g/mol. The number of aldehydes is 1. The summed E-state index contributed by atoms with van der Waals surface area (Å²) >= 11 is 0. The fourth-order valence-corrected chi connectivity index (χ4v) is 16.6. The van der Waals surface area contributed by atoms with Gasteiger partial charge in [0.05, 0.1) is 24.9 Å². The molecule has 0 aromatic rings. The Bertz CT molecular complexity index is 1220. The molecule has 9 heteroatoms. The summed E-state index contributed by atoms with van der Waals surface area (Å²) in [6.07, 6.45) is 17.5. The minimum absolute atomic E-state index is 0.0248. The number of hydrogen-bond acceptors (Lipinski definition) is 6. The molecule has 0 radical (unpaired) electrons. The lowest BCUT2D eigenvalue weighted by atomic mass is 9.96. The van der Waals surface area contributed by atoms with Gasteiger partial charge in [-0.25, -0.2) is 4.79 Å². The molecule has 0 aliphatic heterocycles. The van der Waals surface area contributed by atoms with Crippen LogP contribution in [-0.2, 0) is 27.6 Å². The predicted molar refractivity (Wildman–Crippen MR) is 236 cm³/mol. The average molecular weight is 791 g/mol. The number of hydrogen-bond donors (Lipinski definition) is 0. The van der Waals surface area contributed by atoms with E-state index in [4.69, 9.17) is 18.0 Å². The molecule has 0 spiro atoms. The van der Waals surface area contributed by atoms with E-state index in [9.17, 15) is 9.59 Å². The van der Waals surface area contributed by atoms with Gasteiger partial charge >= 0.3 is 5.97 Å². The summed E-state index contributed by atoms with van der Waals surface area (Å²) in [6, 6.07) is 3.03. The van der Waals surface area contributed by atoms with Gasteiger partial charge < -0.3 is 18.0 Å². The van der Waals surface area contributed by atoms with Crippen LogP contribution in [0.1, 0.15) is 123 Å². The molecule has 53 heavy (non-hydrogen) atoms. The van der Waals surface area contributed by atoms with Crippen molar-refractivity contribution in [2.45, 2.75) is 188 Å². The molecular formula is C44H82O6Si3. The van der Waals surface area contributed by atoms with Crippen molar-refractivity contribution < 1.29 is 27.6 Å². The Labute approximate surface area is 330 Å². The van der Waals surface area contributed by atoms with Gasteiger partial charge in [0.15, 0.2) is 22.9 Å². The maximum Gasteiger partial charge on any atom is 0.341 e. The zero-order valence-corrected chi connectivity index (χ0v) is 40.5. The molecule has 0 saturated heterocycles. The normalized spacial score (nSPS) is 16.4. The summed E-state index contributed by atoms with van der Waals surface area (Å²) in [5, 5.41) is 0.235. The van der Waals surface area contributed by atoms with E-state index in [2.05, 4.69) is 141 Å². The molecule has 0 unspecified atom stereocenters. The summed E-state index contributed by atoms with van der Waals surface area (Å²) in [7, 11) is -4.77. The summed E-state index contributed by atoms with van der Waals surface area (Å²) in [5.41, 5.74) is 3.84. The standard InChI is InChI=1S/C44H82O6Si3/c1-19-52(20-2,21-3)49-41(29-23-28-40(33-45)43(46)47-16)39(12)42(50-53(34(4)5,35(6)7)36(8)9)31-30-38(11)26-22-25-37(10)27-24-32-48-51(17,18)44(13,14)15/h23,25-26,28-31,33-36,39,41-42H,19-22,24,27,32H2,1-18H3/b29-23+,31-30+,37-25+,38-26+,40-28+/t39-,41-,42-/m1/s1. The first-order chi connectivity index (χ1) is 24.5. The minimum atomic E-state index is -2.28. The largest absolute Gasteiger partial charge is 0.465 e.